The van der Waals surface area contributed by atoms with Crippen LogP contribution in [-0.4, -0.2) is 31.0 Å². The fraction of sp³-hybridized carbons (Fsp3) is 0.538. The minimum absolute atomic E-state index is 0.101. The number of benzene rings is 1. The van der Waals surface area contributed by atoms with Crippen LogP contribution in [0.2, 0.25) is 0 Å². The summed E-state index contributed by atoms with van der Waals surface area (Å²) in [5, 5.41) is 9.88. The van der Waals surface area contributed by atoms with Crippen molar-refractivity contribution in [3.05, 3.63) is 45.7 Å². The Morgan fingerprint density at radius 3 is 2.47 bits per heavy atom. The summed E-state index contributed by atoms with van der Waals surface area (Å²) in [5.74, 6) is 0. The highest BCUT2D eigenvalue weighted by Crippen LogP contribution is 2.32. The number of nitrogens with one attached hydrogen (secondary N) is 2. The third-order valence-electron chi connectivity index (χ3n) is 4.45. The molecule has 2 aromatic rings. The van der Waals surface area contributed by atoms with Gasteiger partial charge in [-0.2, -0.15) is 5.26 Å². The SMILES string of the molecule is CC.CCCCCCOCCC.Cc1ccc(-c2ccc3c(c2)N[N+](=O)C3)s1.N#CCNC=O. The summed E-state index contributed by atoms with van der Waals surface area (Å²) in [5.41, 5.74) is 5.95. The second-order valence-corrected chi connectivity index (χ2v) is 8.55. The van der Waals surface area contributed by atoms with Crippen LogP contribution in [0, 0.1) is 23.2 Å². The predicted octanol–water partition coefficient (Wildman–Crippen LogP) is 6.62. The summed E-state index contributed by atoms with van der Waals surface area (Å²) in [7, 11) is 0. The van der Waals surface area contributed by atoms with E-state index in [2.05, 4.69) is 49.7 Å². The van der Waals surface area contributed by atoms with Crippen molar-refractivity contribution in [3.63, 3.8) is 0 Å². The molecule has 34 heavy (non-hydrogen) atoms. The molecule has 0 spiro atoms. The molecule has 1 aromatic carbocycles. The van der Waals surface area contributed by atoms with E-state index in [9.17, 15) is 9.70 Å². The number of nitrogens with zero attached hydrogens (tertiary/aromatic N) is 2. The molecule has 2 N–H and O–H groups in total. The number of hydrogen-bond acceptors (Lipinski definition) is 5. The molecule has 0 radical (unpaired) electrons. The molecule has 3 rings (SSSR count). The Morgan fingerprint density at radius 2 is 1.91 bits per heavy atom. The smallest absolute Gasteiger partial charge is 0.252 e. The van der Waals surface area contributed by atoms with E-state index in [0.29, 0.717) is 13.0 Å². The highest BCUT2D eigenvalue weighted by atomic mass is 32.1. The van der Waals surface area contributed by atoms with E-state index in [1.54, 1.807) is 17.4 Å². The van der Waals surface area contributed by atoms with Crippen molar-refractivity contribution in [2.45, 2.75) is 73.3 Å². The Bertz CT molecular complexity index is 854. The quantitative estimate of drug-likeness (QED) is 0.169. The number of thiophene rings is 1. The van der Waals surface area contributed by atoms with Crippen LogP contribution in [0.15, 0.2) is 30.3 Å². The molecule has 0 aliphatic carbocycles. The largest absolute Gasteiger partial charge is 0.381 e. The van der Waals surface area contributed by atoms with Crippen LogP contribution in [0.1, 0.15) is 70.2 Å². The topological polar surface area (TPSA) is 94.2 Å². The Morgan fingerprint density at radius 1 is 1.15 bits per heavy atom. The number of aryl methyl sites for hydroxylation is 1. The molecule has 1 amide bonds. The summed E-state index contributed by atoms with van der Waals surface area (Å²) in [4.78, 5) is 23.9. The number of hydrazine groups is 1. The number of anilines is 1. The second kappa shape index (κ2) is 20.8. The van der Waals surface area contributed by atoms with E-state index in [-0.39, 0.29) is 6.54 Å². The minimum atomic E-state index is 0.101. The van der Waals surface area contributed by atoms with Crippen molar-refractivity contribution in [3.8, 4) is 16.5 Å². The van der Waals surface area contributed by atoms with E-state index < -0.39 is 0 Å². The lowest BCUT2D eigenvalue weighted by Gasteiger charge is -2.00. The van der Waals surface area contributed by atoms with Gasteiger partial charge in [0.25, 0.3) is 6.54 Å². The Balaban J connectivity index is 0.000000523. The predicted molar refractivity (Wildman–Crippen MR) is 142 cm³/mol. The van der Waals surface area contributed by atoms with Gasteiger partial charge in [0.1, 0.15) is 17.1 Å². The molecule has 1 aliphatic rings. The fourth-order valence-electron chi connectivity index (χ4n) is 2.85. The van der Waals surface area contributed by atoms with Crippen LogP contribution in [0.4, 0.5) is 5.69 Å². The molecule has 7 nitrogen and oxygen atoms in total. The molecule has 0 unspecified atom stereocenters. The number of rotatable bonds is 10. The van der Waals surface area contributed by atoms with Crippen molar-refractivity contribution in [1.82, 2.24) is 5.32 Å². The molecule has 8 heteroatoms. The van der Waals surface area contributed by atoms with E-state index >= 15 is 0 Å². The van der Waals surface area contributed by atoms with Crippen molar-refractivity contribution >= 4 is 23.4 Å². The third-order valence-corrected chi connectivity index (χ3v) is 5.50. The van der Waals surface area contributed by atoms with Gasteiger partial charge in [0, 0.05) is 23.0 Å². The Hall–Kier alpha value is -2.76. The highest BCUT2D eigenvalue weighted by Gasteiger charge is 2.24. The molecule has 188 valence electrons. The maximum Gasteiger partial charge on any atom is 0.252 e. The van der Waals surface area contributed by atoms with Crippen molar-refractivity contribution in [1.29, 1.82) is 5.26 Å². The number of fused-ring (bicyclic) bond motifs is 1. The molecule has 1 aliphatic heterocycles. The Kier molecular flexibility index (Phi) is 19.1. The minimum Gasteiger partial charge on any atom is -0.381 e. The maximum atomic E-state index is 11.2. The van der Waals surface area contributed by atoms with Gasteiger partial charge in [-0.05, 0) is 49.6 Å². The van der Waals surface area contributed by atoms with Gasteiger partial charge in [0.15, 0.2) is 0 Å². The number of nitriles is 1. The number of ether oxygens (including phenoxy) is 1. The lowest BCUT2D eigenvalue weighted by atomic mass is 10.1. The standard InChI is InChI=1S/C12H11N2OS.C9H20O.C3H4N2O.C2H6/c1-8-2-5-12(16-8)9-3-4-10-7-14(15)13-11(10)6-9;1-3-5-6-7-9-10-8-4-2;4-1-2-5-3-6;1-2/h2-6H,7H2,1H3,(H,13,15);3-9H2,1-2H3;3H,2H2,(H,5,6);1-2H3/q+1;;;. The normalized spacial score (nSPS) is 10.6. The van der Waals surface area contributed by atoms with Gasteiger partial charge in [0.2, 0.25) is 6.41 Å². The first-order valence-corrected chi connectivity index (χ1v) is 12.9. The first-order valence-electron chi connectivity index (χ1n) is 12.1. The molecule has 0 atom stereocenters. The van der Waals surface area contributed by atoms with Gasteiger partial charge in [0.05, 0.1) is 16.5 Å². The monoisotopic (exact) mass is 489 g/mol. The van der Waals surface area contributed by atoms with Gasteiger partial charge in [-0.25, -0.2) is 0 Å². The average Bonchev–Trinajstić information content (AvgIpc) is 3.46. The number of hydrogen-bond donors (Lipinski definition) is 2. The van der Waals surface area contributed by atoms with Crippen LogP contribution in [-0.2, 0) is 16.1 Å². The summed E-state index contributed by atoms with van der Waals surface area (Å²) in [6, 6.07) is 12.1. The van der Waals surface area contributed by atoms with Crippen LogP contribution in [0.25, 0.3) is 10.4 Å². The van der Waals surface area contributed by atoms with E-state index in [1.807, 2.05) is 26.0 Å². The molecular weight excluding hydrogens is 448 g/mol. The molecule has 1 aromatic heterocycles. The van der Waals surface area contributed by atoms with Crippen molar-refractivity contribution < 1.29 is 14.4 Å². The zero-order chi connectivity index (χ0) is 25.6. The fourth-order valence-corrected chi connectivity index (χ4v) is 3.72. The number of unbranched alkanes of at least 4 members (excludes halogenated alkanes) is 3. The number of amides is 1. The average molecular weight is 490 g/mol. The zero-order valence-electron chi connectivity index (χ0n) is 21.4. The zero-order valence-corrected chi connectivity index (χ0v) is 22.2. The van der Waals surface area contributed by atoms with Gasteiger partial charge in [-0.3, -0.25) is 4.79 Å². The van der Waals surface area contributed by atoms with Gasteiger partial charge in [-0.1, -0.05) is 53.0 Å². The lowest BCUT2D eigenvalue weighted by molar-refractivity contribution is -0.525. The molecule has 2 heterocycles. The first kappa shape index (κ1) is 31.2. The van der Waals surface area contributed by atoms with Crippen molar-refractivity contribution in [2.24, 2.45) is 0 Å². The summed E-state index contributed by atoms with van der Waals surface area (Å²) >= 11 is 1.77. The van der Waals surface area contributed by atoms with Crippen LogP contribution in [0.5, 0.6) is 0 Å². The molecule has 0 bridgehead atoms. The van der Waals surface area contributed by atoms with Gasteiger partial charge < -0.3 is 10.1 Å². The molecule has 0 fully saturated rings. The number of carbonyl (C=O) groups is 1. The summed E-state index contributed by atoms with van der Waals surface area (Å²) in [6.45, 7) is 12.9. The lowest BCUT2D eigenvalue weighted by Crippen LogP contribution is -2.09. The third kappa shape index (κ3) is 13.7. The van der Waals surface area contributed by atoms with E-state index in [0.717, 1.165) is 35.8 Å². The van der Waals surface area contributed by atoms with Gasteiger partial charge in [-0.15, -0.1) is 16.8 Å². The molecular formula is C26H41N4O3S+. The summed E-state index contributed by atoms with van der Waals surface area (Å²) < 4.78 is 5.33. The Labute approximate surface area is 209 Å². The molecule has 0 saturated carbocycles. The molecule has 0 saturated heterocycles. The van der Waals surface area contributed by atoms with Gasteiger partial charge >= 0.3 is 0 Å². The van der Waals surface area contributed by atoms with Crippen LogP contribution < -0.4 is 10.7 Å². The van der Waals surface area contributed by atoms with Crippen LogP contribution in [0.3, 0.4) is 0 Å². The van der Waals surface area contributed by atoms with Crippen molar-refractivity contribution in [2.75, 3.05) is 25.2 Å². The number of nitroso groups, excluding NO2 is 1. The van der Waals surface area contributed by atoms with E-state index in [1.165, 1.54) is 41.0 Å². The van der Waals surface area contributed by atoms with E-state index in [4.69, 9.17) is 10.00 Å². The maximum absolute atomic E-state index is 11.2. The first-order chi connectivity index (χ1) is 16.5. The van der Waals surface area contributed by atoms with Crippen LogP contribution >= 0.6 is 11.3 Å². The summed E-state index contributed by atoms with van der Waals surface area (Å²) in [6.07, 6.45) is 6.88. The second-order valence-electron chi connectivity index (χ2n) is 7.26. The highest BCUT2D eigenvalue weighted by molar-refractivity contribution is 7.15. The number of carbonyl (C=O) groups excluding carboxylic acids is 1.